The van der Waals surface area contributed by atoms with Crippen LogP contribution in [-0.2, 0) is 13.2 Å². The zero-order valence-corrected chi connectivity index (χ0v) is 19.7. The molecule has 7 heteroatoms. The third-order valence-corrected chi connectivity index (χ3v) is 6.07. The van der Waals surface area contributed by atoms with E-state index in [1.165, 1.54) is 0 Å². The minimum absolute atomic E-state index is 0.251. The van der Waals surface area contributed by atoms with E-state index in [4.69, 9.17) is 9.47 Å². The number of ether oxygens (including phenoxy) is 2. The lowest BCUT2D eigenvalue weighted by atomic mass is 10.2. The molecule has 0 aliphatic carbocycles. The first-order valence-corrected chi connectivity index (χ1v) is 11.5. The van der Waals surface area contributed by atoms with Crippen LogP contribution in [0.5, 0.6) is 11.8 Å². The molecule has 0 radical (unpaired) electrons. The van der Waals surface area contributed by atoms with E-state index in [0.717, 1.165) is 25.7 Å². The molecule has 0 aliphatic rings. The van der Waals surface area contributed by atoms with E-state index in [2.05, 4.69) is 32.6 Å². The number of nitrogens with zero attached hydrogens (tertiary/aromatic N) is 2. The Bertz CT molecular complexity index is 1450. The van der Waals surface area contributed by atoms with Gasteiger partial charge in [0.2, 0.25) is 11.8 Å². The van der Waals surface area contributed by atoms with E-state index in [0.29, 0.717) is 30.7 Å². The molecule has 2 heterocycles. The van der Waals surface area contributed by atoms with Crippen LogP contribution in [0.25, 0.3) is 16.7 Å². The van der Waals surface area contributed by atoms with Crippen LogP contribution >= 0.6 is 22.6 Å². The second-order valence-electron chi connectivity index (χ2n) is 7.42. The summed E-state index contributed by atoms with van der Waals surface area (Å²) in [5.41, 5.74) is 3.88. The third kappa shape index (κ3) is 4.63. The van der Waals surface area contributed by atoms with Gasteiger partial charge in [-0.1, -0.05) is 66.7 Å². The molecule has 0 amide bonds. The highest BCUT2D eigenvalue weighted by atomic mass is 127. The quantitative estimate of drug-likeness (QED) is 0.273. The molecule has 0 atom stereocenters. The van der Waals surface area contributed by atoms with Crippen LogP contribution in [0.4, 0.5) is 0 Å². The maximum Gasteiger partial charge on any atom is 0.331 e. The summed E-state index contributed by atoms with van der Waals surface area (Å²) in [6.45, 7) is 0.703. The maximum atomic E-state index is 12.9. The number of para-hydroxylation sites is 1. The van der Waals surface area contributed by atoms with E-state index >= 15 is 0 Å². The van der Waals surface area contributed by atoms with Crippen LogP contribution in [0.2, 0.25) is 0 Å². The van der Waals surface area contributed by atoms with Crippen molar-refractivity contribution in [2.45, 2.75) is 13.2 Å². The lowest BCUT2D eigenvalue weighted by Crippen LogP contribution is -2.16. The smallest absolute Gasteiger partial charge is 0.331 e. The first-order chi connectivity index (χ1) is 16.2. The fraction of sp³-hybridized carbons (Fsp3) is 0.0769. The van der Waals surface area contributed by atoms with E-state index in [1.54, 1.807) is 10.6 Å². The minimum Gasteiger partial charge on any atom is -0.473 e. The van der Waals surface area contributed by atoms with E-state index < -0.39 is 0 Å². The summed E-state index contributed by atoms with van der Waals surface area (Å²) < 4.78 is 14.6. The molecule has 1 N–H and O–H groups in total. The number of hydrogen-bond acceptors (Lipinski definition) is 4. The fourth-order valence-corrected chi connectivity index (χ4v) is 4.18. The summed E-state index contributed by atoms with van der Waals surface area (Å²) in [4.78, 5) is 20.5. The van der Waals surface area contributed by atoms with Gasteiger partial charge >= 0.3 is 5.69 Å². The van der Waals surface area contributed by atoms with Crippen LogP contribution in [0.15, 0.2) is 95.8 Å². The van der Waals surface area contributed by atoms with Gasteiger partial charge in [-0.25, -0.2) is 4.79 Å². The number of hydrogen-bond donors (Lipinski definition) is 1. The largest absolute Gasteiger partial charge is 0.473 e. The molecule has 0 saturated carbocycles. The molecule has 0 saturated heterocycles. The highest BCUT2D eigenvalue weighted by Crippen LogP contribution is 2.28. The van der Waals surface area contributed by atoms with Crippen molar-refractivity contribution < 1.29 is 9.47 Å². The molecule has 164 valence electrons. The number of halogens is 1. The second-order valence-corrected chi connectivity index (χ2v) is 8.58. The van der Waals surface area contributed by atoms with Gasteiger partial charge in [0.1, 0.15) is 18.9 Å². The fourth-order valence-electron chi connectivity index (χ4n) is 3.56. The van der Waals surface area contributed by atoms with Gasteiger partial charge in [0.25, 0.3) is 0 Å². The maximum absolute atomic E-state index is 12.9. The molecular weight excluding hydrogens is 529 g/mol. The molecule has 3 aromatic carbocycles. The van der Waals surface area contributed by atoms with Gasteiger partial charge in [-0.3, -0.25) is 4.57 Å². The van der Waals surface area contributed by atoms with Gasteiger partial charge in [-0.2, -0.15) is 4.98 Å². The molecular formula is C26H20IN3O3. The first-order valence-electron chi connectivity index (χ1n) is 10.4. The SMILES string of the molecule is O=c1[nH]c2c(I)cccc2n1-c1ccc(OCc2ccccc2)nc1OCc1ccccc1. The highest BCUT2D eigenvalue weighted by Gasteiger charge is 2.17. The molecule has 0 aliphatic heterocycles. The van der Waals surface area contributed by atoms with Crippen LogP contribution in [0.3, 0.4) is 0 Å². The molecule has 2 aromatic heterocycles. The predicted molar refractivity (Wildman–Crippen MR) is 136 cm³/mol. The molecule has 0 fully saturated rings. The molecule has 0 bridgehead atoms. The van der Waals surface area contributed by atoms with Crippen molar-refractivity contribution in [3.8, 4) is 17.4 Å². The monoisotopic (exact) mass is 549 g/mol. The predicted octanol–water partition coefficient (Wildman–Crippen LogP) is 5.48. The summed E-state index contributed by atoms with van der Waals surface area (Å²) in [7, 11) is 0. The van der Waals surface area contributed by atoms with Crippen LogP contribution in [0, 0.1) is 3.57 Å². The summed E-state index contributed by atoms with van der Waals surface area (Å²) in [6, 6.07) is 29.1. The summed E-state index contributed by atoms with van der Waals surface area (Å²) in [6.07, 6.45) is 0. The van der Waals surface area contributed by atoms with Gasteiger partial charge in [-0.15, -0.1) is 0 Å². The molecule has 5 aromatic rings. The second kappa shape index (κ2) is 9.50. The Hall–Kier alpha value is -3.59. The zero-order chi connectivity index (χ0) is 22.6. The summed E-state index contributed by atoms with van der Waals surface area (Å²) in [5, 5.41) is 0. The number of imidazole rings is 1. The zero-order valence-electron chi connectivity index (χ0n) is 17.6. The van der Waals surface area contributed by atoms with Crippen molar-refractivity contribution in [1.29, 1.82) is 0 Å². The number of H-pyrrole nitrogens is 1. The number of fused-ring (bicyclic) bond motifs is 1. The van der Waals surface area contributed by atoms with Crippen LogP contribution in [0.1, 0.15) is 11.1 Å². The van der Waals surface area contributed by atoms with E-state index in [1.807, 2.05) is 84.9 Å². The molecule has 33 heavy (non-hydrogen) atoms. The number of aromatic nitrogens is 3. The van der Waals surface area contributed by atoms with Crippen LogP contribution < -0.4 is 15.2 Å². The Labute approximate surface area is 204 Å². The number of pyridine rings is 1. The number of benzene rings is 3. The number of nitrogens with one attached hydrogen (secondary N) is 1. The Morgan fingerprint density at radius 1 is 0.788 bits per heavy atom. The summed E-state index contributed by atoms with van der Waals surface area (Å²) in [5.74, 6) is 0.749. The summed E-state index contributed by atoms with van der Waals surface area (Å²) >= 11 is 2.21. The topological polar surface area (TPSA) is 69.1 Å². The third-order valence-electron chi connectivity index (χ3n) is 5.17. The Balaban J connectivity index is 1.53. The van der Waals surface area contributed by atoms with Crippen molar-refractivity contribution in [2.75, 3.05) is 0 Å². The Morgan fingerprint density at radius 2 is 1.45 bits per heavy atom. The van der Waals surface area contributed by atoms with Crippen molar-refractivity contribution in [1.82, 2.24) is 14.5 Å². The van der Waals surface area contributed by atoms with Crippen molar-refractivity contribution in [3.63, 3.8) is 0 Å². The van der Waals surface area contributed by atoms with E-state index in [-0.39, 0.29) is 5.69 Å². The first kappa shape index (κ1) is 21.3. The highest BCUT2D eigenvalue weighted by molar-refractivity contribution is 14.1. The van der Waals surface area contributed by atoms with Gasteiger partial charge < -0.3 is 14.5 Å². The standard InChI is InChI=1S/C26H20IN3O3/c27-20-12-7-13-21-24(20)29-26(31)30(21)22-14-15-23(32-16-18-8-3-1-4-9-18)28-25(22)33-17-19-10-5-2-6-11-19/h1-15H,16-17H2,(H,29,31). The molecule has 5 rings (SSSR count). The van der Waals surface area contributed by atoms with Gasteiger partial charge in [0.15, 0.2) is 0 Å². The molecule has 0 spiro atoms. The average Bonchev–Trinajstić information content (AvgIpc) is 3.20. The molecule has 6 nitrogen and oxygen atoms in total. The van der Waals surface area contributed by atoms with Gasteiger partial charge in [0.05, 0.1) is 11.0 Å². The minimum atomic E-state index is -0.251. The Morgan fingerprint density at radius 3 is 2.15 bits per heavy atom. The Kier molecular flexibility index (Phi) is 6.12. The number of rotatable bonds is 7. The van der Waals surface area contributed by atoms with Crippen molar-refractivity contribution >= 4 is 33.6 Å². The molecule has 0 unspecified atom stereocenters. The van der Waals surface area contributed by atoms with Gasteiger partial charge in [-0.05, 0) is 51.9 Å². The van der Waals surface area contributed by atoms with Crippen molar-refractivity contribution in [2.24, 2.45) is 0 Å². The average molecular weight is 549 g/mol. The lowest BCUT2D eigenvalue weighted by Gasteiger charge is -2.14. The number of aromatic amines is 1. The van der Waals surface area contributed by atoms with Crippen LogP contribution in [-0.4, -0.2) is 14.5 Å². The lowest BCUT2D eigenvalue weighted by molar-refractivity contribution is 0.267. The van der Waals surface area contributed by atoms with E-state index in [9.17, 15) is 4.79 Å². The normalized spacial score (nSPS) is 10.9. The van der Waals surface area contributed by atoms with Gasteiger partial charge in [0, 0.05) is 9.64 Å². The van der Waals surface area contributed by atoms with Crippen molar-refractivity contribution in [3.05, 3.63) is 116 Å².